The number of hydrogen-bond donors (Lipinski definition) is 2. The number of carbonyl (C=O) groups is 2. The highest BCUT2D eigenvalue weighted by Crippen LogP contribution is 2.19. The van der Waals surface area contributed by atoms with Crippen molar-refractivity contribution in [2.75, 3.05) is 62.8 Å². The Morgan fingerprint density at radius 1 is 1.26 bits per heavy atom. The van der Waals surface area contributed by atoms with Gasteiger partial charge in [0, 0.05) is 24.5 Å². The van der Waals surface area contributed by atoms with Gasteiger partial charge in [0.05, 0.1) is 32.9 Å². The van der Waals surface area contributed by atoms with Gasteiger partial charge in [0.1, 0.15) is 5.92 Å². The lowest BCUT2D eigenvalue weighted by atomic mass is 9.98. The Kier molecular flexibility index (Phi) is 7.06. The first-order valence-corrected chi connectivity index (χ1v) is 9.88. The number of benzene rings is 1. The Balaban J connectivity index is 1.47. The minimum Gasteiger partial charge on any atom is -0.466 e. The predicted octanol–water partition coefficient (Wildman–Crippen LogP) is 0.320. The smallest absolute Gasteiger partial charge is 0.314 e. The van der Waals surface area contributed by atoms with Crippen molar-refractivity contribution in [1.82, 2.24) is 0 Å². The zero-order chi connectivity index (χ0) is 19.1. The highest BCUT2D eigenvalue weighted by Gasteiger charge is 2.30. The standard InChI is InChI=1S/C20H29N3O4/c1-2-27-20(25)16-4-3-9-22(14-16)15-19(24)21-17-5-7-18(8-6-17)23-10-12-26-13-11-23/h5-8,16H,2-4,9-15H2,1H3,(H,21,24)/p+1/t16-/m0/s1. The van der Waals surface area contributed by atoms with Gasteiger partial charge in [0.2, 0.25) is 0 Å². The molecular weight excluding hydrogens is 346 g/mol. The van der Waals surface area contributed by atoms with Crippen molar-refractivity contribution < 1.29 is 24.0 Å². The molecule has 0 spiro atoms. The molecule has 2 saturated heterocycles. The van der Waals surface area contributed by atoms with E-state index >= 15 is 0 Å². The van der Waals surface area contributed by atoms with Crippen LogP contribution in [0.4, 0.5) is 11.4 Å². The molecule has 1 aromatic rings. The van der Waals surface area contributed by atoms with Gasteiger partial charge in [-0.15, -0.1) is 0 Å². The molecule has 3 rings (SSSR count). The van der Waals surface area contributed by atoms with Gasteiger partial charge in [0.25, 0.3) is 5.91 Å². The lowest BCUT2D eigenvalue weighted by molar-refractivity contribution is -0.899. The number of ether oxygens (including phenoxy) is 2. The van der Waals surface area contributed by atoms with Crippen molar-refractivity contribution in [1.29, 1.82) is 0 Å². The molecule has 148 valence electrons. The SMILES string of the molecule is CCOC(=O)[C@H]1CCC[NH+](CC(=O)Nc2ccc(N3CCOCC3)cc2)C1. The molecule has 2 atom stereocenters. The summed E-state index contributed by atoms with van der Waals surface area (Å²) in [4.78, 5) is 27.8. The highest BCUT2D eigenvalue weighted by atomic mass is 16.5. The molecule has 1 amide bonds. The molecule has 27 heavy (non-hydrogen) atoms. The molecule has 7 heteroatoms. The van der Waals surface area contributed by atoms with Crippen LogP contribution in [0, 0.1) is 5.92 Å². The van der Waals surface area contributed by atoms with Crippen molar-refractivity contribution in [3.63, 3.8) is 0 Å². The molecule has 2 N–H and O–H groups in total. The topological polar surface area (TPSA) is 72.3 Å². The Labute approximate surface area is 160 Å². The number of nitrogens with one attached hydrogen (secondary N) is 2. The molecule has 0 aromatic heterocycles. The Morgan fingerprint density at radius 3 is 2.70 bits per heavy atom. The molecule has 1 aromatic carbocycles. The number of likely N-dealkylation sites (tertiary alicyclic amines) is 1. The molecule has 0 saturated carbocycles. The zero-order valence-corrected chi connectivity index (χ0v) is 16.0. The van der Waals surface area contributed by atoms with Crippen LogP contribution in [0.1, 0.15) is 19.8 Å². The summed E-state index contributed by atoms with van der Waals surface area (Å²) in [5, 5.41) is 2.97. The number of rotatable bonds is 6. The maximum atomic E-state index is 12.4. The summed E-state index contributed by atoms with van der Waals surface area (Å²) in [6.07, 6.45) is 1.80. The molecule has 2 aliphatic heterocycles. The van der Waals surface area contributed by atoms with Crippen LogP contribution in [0.15, 0.2) is 24.3 Å². The molecule has 0 radical (unpaired) electrons. The van der Waals surface area contributed by atoms with Crippen LogP contribution in [-0.2, 0) is 19.1 Å². The number of esters is 1. The van der Waals surface area contributed by atoms with Crippen LogP contribution in [0.2, 0.25) is 0 Å². The Morgan fingerprint density at radius 2 is 2.00 bits per heavy atom. The lowest BCUT2D eigenvalue weighted by Gasteiger charge is -2.29. The molecule has 1 unspecified atom stereocenters. The fraction of sp³-hybridized carbons (Fsp3) is 0.600. The van der Waals surface area contributed by atoms with Gasteiger partial charge in [-0.2, -0.15) is 0 Å². The number of amides is 1. The largest absolute Gasteiger partial charge is 0.466 e. The van der Waals surface area contributed by atoms with E-state index < -0.39 is 0 Å². The zero-order valence-electron chi connectivity index (χ0n) is 16.0. The third-order valence-corrected chi connectivity index (χ3v) is 5.18. The second kappa shape index (κ2) is 9.71. The van der Waals surface area contributed by atoms with Crippen LogP contribution in [0.3, 0.4) is 0 Å². The summed E-state index contributed by atoms with van der Waals surface area (Å²) in [6.45, 7) is 7.49. The van der Waals surface area contributed by atoms with Crippen molar-refractivity contribution >= 4 is 23.3 Å². The van der Waals surface area contributed by atoms with Crippen molar-refractivity contribution in [2.24, 2.45) is 5.92 Å². The van der Waals surface area contributed by atoms with E-state index in [1.807, 2.05) is 31.2 Å². The van der Waals surface area contributed by atoms with E-state index in [9.17, 15) is 9.59 Å². The summed E-state index contributed by atoms with van der Waals surface area (Å²) < 4.78 is 10.5. The minimum atomic E-state index is -0.131. The molecule has 0 aliphatic carbocycles. The first kappa shape index (κ1) is 19.6. The number of hydrogen-bond acceptors (Lipinski definition) is 5. The quantitative estimate of drug-likeness (QED) is 0.700. The third-order valence-electron chi connectivity index (χ3n) is 5.18. The van der Waals surface area contributed by atoms with Gasteiger partial charge in [0.15, 0.2) is 6.54 Å². The van der Waals surface area contributed by atoms with E-state index in [1.165, 1.54) is 0 Å². The number of nitrogens with zero attached hydrogens (tertiary/aromatic N) is 1. The van der Waals surface area contributed by atoms with E-state index in [-0.39, 0.29) is 17.8 Å². The number of anilines is 2. The maximum absolute atomic E-state index is 12.4. The fourth-order valence-electron chi connectivity index (χ4n) is 3.78. The molecule has 7 nitrogen and oxygen atoms in total. The summed E-state index contributed by atoms with van der Waals surface area (Å²) in [5.74, 6) is -0.239. The van der Waals surface area contributed by atoms with Crippen LogP contribution in [-0.4, -0.2) is 64.4 Å². The Bertz CT molecular complexity index is 629. The van der Waals surface area contributed by atoms with Crippen LogP contribution < -0.4 is 15.1 Å². The average Bonchev–Trinajstić information content (AvgIpc) is 2.69. The van der Waals surface area contributed by atoms with E-state index in [4.69, 9.17) is 9.47 Å². The number of piperidine rings is 1. The molecule has 2 fully saturated rings. The van der Waals surface area contributed by atoms with E-state index in [1.54, 1.807) is 0 Å². The van der Waals surface area contributed by atoms with Gasteiger partial charge in [-0.3, -0.25) is 9.59 Å². The number of quaternary nitrogens is 1. The minimum absolute atomic E-state index is 0.0198. The second-order valence-corrected chi connectivity index (χ2v) is 7.17. The Hall–Kier alpha value is -2.12. The monoisotopic (exact) mass is 376 g/mol. The van der Waals surface area contributed by atoms with E-state index in [0.29, 0.717) is 19.7 Å². The van der Waals surface area contributed by atoms with Crippen LogP contribution in [0.5, 0.6) is 0 Å². The first-order valence-electron chi connectivity index (χ1n) is 9.88. The van der Waals surface area contributed by atoms with Gasteiger partial charge in [-0.05, 0) is 44.0 Å². The maximum Gasteiger partial charge on any atom is 0.314 e. The molecule has 2 heterocycles. The van der Waals surface area contributed by atoms with E-state index in [0.717, 1.165) is 62.0 Å². The second-order valence-electron chi connectivity index (χ2n) is 7.17. The van der Waals surface area contributed by atoms with Crippen LogP contribution >= 0.6 is 0 Å². The number of carbonyl (C=O) groups excluding carboxylic acids is 2. The van der Waals surface area contributed by atoms with Gasteiger partial charge in [-0.1, -0.05) is 0 Å². The molecule has 2 aliphatic rings. The van der Waals surface area contributed by atoms with Gasteiger partial charge in [-0.25, -0.2) is 0 Å². The van der Waals surface area contributed by atoms with Crippen molar-refractivity contribution in [2.45, 2.75) is 19.8 Å². The number of morpholine rings is 1. The average molecular weight is 376 g/mol. The van der Waals surface area contributed by atoms with Crippen molar-refractivity contribution in [3.05, 3.63) is 24.3 Å². The van der Waals surface area contributed by atoms with Crippen molar-refractivity contribution in [3.8, 4) is 0 Å². The molecular formula is C20H30N3O4+. The van der Waals surface area contributed by atoms with Crippen LogP contribution in [0.25, 0.3) is 0 Å². The first-order chi connectivity index (χ1) is 13.2. The third kappa shape index (κ3) is 5.68. The molecule has 0 bridgehead atoms. The van der Waals surface area contributed by atoms with Gasteiger partial charge >= 0.3 is 5.97 Å². The summed E-state index contributed by atoms with van der Waals surface area (Å²) >= 11 is 0. The summed E-state index contributed by atoms with van der Waals surface area (Å²) in [7, 11) is 0. The summed E-state index contributed by atoms with van der Waals surface area (Å²) in [5.41, 5.74) is 1.95. The summed E-state index contributed by atoms with van der Waals surface area (Å²) in [6, 6.07) is 7.95. The highest BCUT2D eigenvalue weighted by molar-refractivity contribution is 5.91. The van der Waals surface area contributed by atoms with E-state index in [2.05, 4.69) is 10.2 Å². The fourth-order valence-corrected chi connectivity index (χ4v) is 3.78. The van der Waals surface area contributed by atoms with Gasteiger partial charge < -0.3 is 24.6 Å². The lowest BCUT2D eigenvalue weighted by Crippen LogP contribution is -3.14. The normalized spacial score (nSPS) is 22.9. The predicted molar refractivity (Wildman–Crippen MR) is 103 cm³/mol.